The van der Waals surface area contributed by atoms with Crippen LogP contribution in [0.1, 0.15) is 144 Å². The molecule has 4 unspecified atom stereocenters. The van der Waals surface area contributed by atoms with Gasteiger partial charge in [-0.1, -0.05) is 81.4 Å². The molecule has 0 N–H and O–H groups in total. The molecular weight excluding hydrogens is 468 g/mol. The third kappa shape index (κ3) is 9.02. The van der Waals surface area contributed by atoms with E-state index >= 15 is 0 Å². The summed E-state index contributed by atoms with van der Waals surface area (Å²) in [6.45, 7) is 23.7. The van der Waals surface area contributed by atoms with Crippen molar-refractivity contribution in [3.05, 3.63) is 29.8 Å². The zero-order valence-electron chi connectivity index (χ0n) is 26.4. The quantitative estimate of drug-likeness (QED) is 0.316. The van der Waals surface area contributed by atoms with Crippen molar-refractivity contribution in [2.24, 2.45) is 33.5 Å². The highest BCUT2D eigenvalue weighted by molar-refractivity contribution is 5.92. The molecule has 1 aromatic carbocycles. The summed E-state index contributed by atoms with van der Waals surface area (Å²) in [4.78, 5) is 13.4. The van der Waals surface area contributed by atoms with E-state index in [1.54, 1.807) is 0 Å². The summed E-state index contributed by atoms with van der Waals surface area (Å²) < 4.78 is 12.8. The first-order valence-corrected chi connectivity index (χ1v) is 15.4. The van der Waals surface area contributed by atoms with Crippen molar-refractivity contribution < 1.29 is 14.3 Å². The number of hydrogen-bond donors (Lipinski definition) is 0. The molecule has 38 heavy (non-hydrogen) atoms. The molecule has 2 fully saturated rings. The second-order valence-corrected chi connectivity index (χ2v) is 16.4. The smallest absolute Gasteiger partial charge is 0.342 e. The Morgan fingerprint density at radius 2 is 1.18 bits per heavy atom. The first kappa shape index (κ1) is 31.0. The molecule has 4 atom stereocenters. The number of carbonyl (C=O) groups excluding carboxylic acids is 1. The molecule has 0 saturated heterocycles. The normalized spacial score (nSPS) is 25.6. The molecular formula is C35H58O3. The summed E-state index contributed by atoms with van der Waals surface area (Å²) in [6.07, 6.45) is 11.4. The van der Waals surface area contributed by atoms with Crippen LogP contribution in [0, 0.1) is 33.5 Å². The highest BCUT2D eigenvalue weighted by Crippen LogP contribution is 2.47. The number of para-hydroxylation sites is 1. The second-order valence-electron chi connectivity index (χ2n) is 16.4. The maximum absolute atomic E-state index is 13.4. The fraction of sp³-hybridized carbons (Fsp3) is 0.800. The molecule has 3 nitrogen and oxygen atoms in total. The average Bonchev–Trinajstić information content (AvgIpc) is 2.77. The molecule has 0 heterocycles. The van der Waals surface area contributed by atoms with Crippen LogP contribution in [-0.2, 0) is 4.74 Å². The van der Waals surface area contributed by atoms with Gasteiger partial charge in [-0.15, -0.1) is 0 Å². The molecule has 0 bridgehead atoms. The summed E-state index contributed by atoms with van der Waals surface area (Å²) in [5.41, 5.74) is 1.70. The second kappa shape index (κ2) is 11.9. The summed E-state index contributed by atoms with van der Waals surface area (Å²) in [6, 6.07) is 7.74. The molecule has 0 aliphatic heterocycles. The van der Waals surface area contributed by atoms with E-state index in [1.165, 1.54) is 32.1 Å². The van der Waals surface area contributed by atoms with Crippen LogP contribution < -0.4 is 4.74 Å². The largest absolute Gasteiger partial charge is 0.490 e. The lowest BCUT2D eigenvalue weighted by molar-refractivity contribution is -0.00616. The van der Waals surface area contributed by atoms with Gasteiger partial charge in [0.1, 0.15) is 17.4 Å². The fourth-order valence-electron chi connectivity index (χ4n) is 8.08. The van der Waals surface area contributed by atoms with Crippen molar-refractivity contribution in [1.82, 2.24) is 0 Å². The van der Waals surface area contributed by atoms with Gasteiger partial charge in [-0.05, 0) is 110 Å². The van der Waals surface area contributed by atoms with E-state index < -0.39 is 0 Å². The fourth-order valence-corrected chi connectivity index (χ4v) is 8.08. The van der Waals surface area contributed by atoms with Crippen LogP contribution in [0.25, 0.3) is 0 Å². The first-order chi connectivity index (χ1) is 17.5. The van der Waals surface area contributed by atoms with Crippen molar-refractivity contribution in [1.29, 1.82) is 0 Å². The monoisotopic (exact) mass is 526 g/mol. The Labute approximate surface area is 234 Å². The highest BCUT2D eigenvalue weighted by Gasteiger charge is 2.39. The molecule has 0 amide bonds. The minimum atomic E-state index is -0.222. The van der Waals surface area contributed by atoms with Gasteiger partial charge < -0.3 is 9.47 Å². The third-order valence-corrected chi connectivity index (χ3v) is 9.11. The Kier molecular flexibility index (Phi) is 9.74. The number of hydrogen-bond acceptors (Lipinski definition) is 3. The number of esters is 1. The first-order valence-electron chi connectivity index (χ1n) is 15.4. The Morgan fingerprint density at radius 3 is 1.71 bits per heavy atom. The third-order valence-electron chi connectivity index (χ3n) is 9.11. The lowest BCUT2D eigenvalue weighted by Gasteiger charge is -2.43. The minimum Gasteiger partial charge on any atom is -0.490 e. The molecule has 3 heteroatoms. The minimum absolute atomic E-state index is 0.00851. The summed E-state index contributed by atoms with van der Waals surface area (Å²) in [5, 5.41) is 0. The lowest BCUT2D eigenvalue weighted by Crippen LogP contribution is -2.36. The maximum Gasteiger partial charge on any atom is 0.342 e. The van der Waals surface area contributed by atoms with Gasteiger partial charge in [0.2, 0.25) is 0 Å². The van der Waals surface area contributed by atoms with Crippen LogP contribution >= 0.6 is 0 Å². The van der Waals surface area contributed by atoms with E-state index in [-0.39, 0.29) is 29.0 Å². The summed E-state index contributed by atoms with van der Waals surface area (Å²) >= 11 is 0. The predicted molar refractivity (Wildman–Crippen MR) is 160 cm³/mol. The van der Waals surface area contributed by atoms with Crippen molar-refractivity contribution in [3.63, 3.8) is 0 Å². The maximum atomic E-state index is 13.4. The van der Waals surface area contributed by atoms with Crippen LogP contribution in [-0.4, -0.2) is 18.2 Å². The highest BCUT2D eigenvalue weighted by atomic mass is 16.5. The Hall–Kier alpha value is -1.51. The van der Waals surface area contributed by atoms with E-state index in [9.17, 15) is 4.79 Å². The average molecular weight is 527 g/mol. The van der Waals surface area contributed by atoms with Crippen molar-refractivity contribution in [3.8, 4) is 5.75 Å². The molecule has 216 valence electrons. The van der Waals surface area contributed by atoms with Gasteiger partial charge in [0.05, 0.1) is 6.10 Å². The van der Waals surface area contributed by atoms with Crippen molar-refractivity contribution >= 4 is 5.97 Å². The molecule has 0 spiro atoms. The van der Waals surface area contributed by atoms with Gasteiger partial charge in [0, 0.05) is 0 Å². The Balaban J connectivity index is 1.65. The number of benzene rings is 1. The van der Waals surface area contributed by atoms with E-state index in [4.69, 9.17) is 9.47 Å². The van der Waals surface area contributed by atoms with Crippen LogP contribution in [0.5, 0.6) is 5.75 Å². The predicted octanol–water partition coefficient (Wildman–Crippen LogP) is 10.3. The molecule has 1 aromatic rings. The van der Waals surface area contributed by atoms with Crippen LogP contribution in [0.4, 0.5) is 0 Å². The number of ether oxygens (including phenoxy) is 2. The van der Waals surface area contributed by atoms with E-state index in [0.717, 1.165) is 32.1 Å². The molecule has 0 aromatic heterocycles. The zero-order valence-corrected chi connectivity index (χ0v) is 26.4. The van der Waals surface area contributed by atoms with Crippen molar-refractivity contribution in [2.75, 3.05) is 0 Å². The van der Waals surface area contributed by atoms with Gasteiger partial charge in [-0.25, -0.2) is 4.79 Å². The molecule has 2 saturated carbocycles. The SMILES string of the molecule is CC(C)(C)CC(C)(C)C1CCCC(OC(=O)c2ccccc2OC2CCCC(C(C)(C)CC(C)(C)C)C2)C1. The zero-order chi connectivity index (χ0) is 28.4. The van der Waals surface area contributed by atoms with E-state index in [1.807, 2.05) is 24.3 Å². The molecule has 2 aliphatic carbocycles. The van der Waals surface area contributed by atoms with Gasteiger partial charge in [0.25, 0.3) is 0 Å². The topological polar surface area (TPSA) is 35.5 Å². The van der Waals surface area contributed by atoms with Gasteiger partial charge >= 0.3 is 5.97 Å². The number of carbonyl (C=O) groups is 1. The van der Waals surface area contributed by atoms with E-state index in [0.29, 0.717) is 34.0 Å². The molecule has 0 radical (unpaired) electrons. The molecule has 3 rings (SSSR count). The van der Waals surface area contributed by atoms with Crippen LogP contribution in [0.3, 0.4) is 0 Å². The lowest BCUT2D eigenvalue weighted by atomic mass is 9.64. The van der Waals surface area contributed by atoms with Crippen LogP contribution in [0.15, 0.2) is 24.3 Å². The Morgan fingerprint density at radius 1 is 0.711 bits per heavy atom. The van der Waals surface area contributed by atoms with Gasteiger partial charge in [-0.2, -0.15) is 0 Å². The summed E-state index contributed by atoms with van der Waals surface area (Å²) in [7, 11) is 0. The summed E-state index contributed by atoms with van der Waals surface area (Å²) in [5.74, 6) is 1.68. The van der Waals surface area contributed by atoms with Gasteiger partial charge in [-0.3, -0.25) is 0 Å². The van der Waals surface area contributed by atoms with Crippen LogP contribution in [0.2, 0.25) is 0 Å². The van der Waals surface area contributed by atoms with Crippen molar-refractivity contribution in [2.45, 2.75) is 146 Å². The molecule has 2 aliphatic rings. The Bertz CT molecular complexity index is 914. The van der Waals surface area contributed by atoms with E-state index in [2.05, 4.69) is 69.2 Å². The number of rotatable bonds is 8. The standard InChI is InChI=1S/C35H58O3/c1-32(2,3)23-34(7,8)25-15-13-17-27(21-25)37-30-20-12-11-19-29(30)31(36)38-28-18-14-16-26(22-28)35(9,10)24-33(4,5)6/h11-12,19-20,25-28H,13-18,21-24H2,1-10H3. The van der Waals surface area contributed by atoms with Gasteiger partial charge in [0.15, 0.2) is 0 Å².